The first-order chi connectivity index (χ1) is 17.2. The molecule has 3 heterocycles. The highest BCUT2D eigenvalue weighted by molar-refractivity contribution is 7.89. The molecular weight excluding hydrogens is 536 g/mol. The van der Waals surface area contributed by atoms with E-state index in [2.05, 4.69) is 20.4 Å². The van der Waals surface area contributed by atoms with Gasteiger partial charge in [-0.2, -0.15) is 35.7 Å². The number of hydrogen-bond acceptors (Lipinski definition) is 9. The first-order valence-corrected chi connectivity index (χ1v) is 12.4. The second-order valence-electron chi connectivity index (χ2n) is 8.08. The van der Waals surface area contributed by atoms with E-state index in [0.717, 1.165) is 6.20 Å². The van der Waals surface area contributed by atoms with Gasteiger partial charge in [0.15, 0.2) is 0 Å². The number of piperazine rings is 1. The lowest BCUT2D eigenvalue weighted by Crippen LogP contribution is -2.50. The molecule has 2 aromatic heterocycles. The zero-order valence-corrected chi connectivity index (χ0v) is 20.1. The minimum atomic E-state index is -4.91. The molecule has 1 aliphatic heterocycles. The lowest BCUT2D eigenvalue weighted by molar-refractivity contribution is -0.139. The highest BCUT2D eigenvalue weighted by Crippen LogP contribution is 2.31. The molecule has 0 amide bonds. The fourth-order valence-corrected chi connectivity index (χ4v) is 4.75. The Kier molecular flexibility index (Phi) is 8.63. The Morgan fingerprint density at radius 2 is 1.68 bits per heavy atom. The Balaban J connectivity index is 1.45. The average molecular weight is 559 g/mol. The average Bonchev–Trinajstić information content (AvgIpc) is 2.81. The molecule has 0 radical (unpaired) electrons. The Morgan fingerprint density at radius 1 is 1.05 bits per heavy atom. The Morgan fingerprint density at radius 3 is 2.24 bits per heavy atom. The van der Waals surface area contributed by atoms with Crippen LogP contribution in [0.5, 0.6) is 0 Å². The third kappa shape index (κ3) is 7.51. The minimum absolute atomic E-state index is 0.0548. The molecule has 3 rings (SSSR count). The lowest BCUT2D eigenvalue weighted by Gasteiger charge is -2.34. The van der Waals surface area contributed by atoms with Crippen LogP contribution in [0.2, 0.25) is 0 Å². The van der Waals surface area contributed by atoms with Crippen LogP contribution in [0.25, 0.3) is 0 Å². The number of aromatic amines is 1. The Bertz CT molecular complexity index is 1210. The van der Waals surface area contributed by atoms with Crippen LogP contribution >= 0.6 is 0 Å². The van der Waals surface area contributed by atoms with Crippen LogP contribution in [-0.4, -0.2) is 84.1 Å². The number of H-pyrrole nitrogens is 1. The molecule has 0 bridgehead atoms. The molecule has 1 saturated heterocycles. The van der Waals surface area contributed by atoms with Crippen molar-refractivity contribution in [2.75, 3.05) is 55.4 Å². The van der Waals surface area contributed by atoms with Crippen molar-refractivity contribution >= 4 is 21.7 Å². The Labute approximate surface area is 206 Å². The minimum Gasteiger partial charge on any atom is -0.378 e. The monoisotopic (exact) mass is 559 g/mol. The van der Waals surface area contributed by atoms with Crippen molar-refractivity contribution in [1.29, 1.82) is 0 Å². The van der Waals surface area contributed by atoms with Gasteiger partial charge >= 0.3 is 12.4 Å². The Hall–Kier alpha value is -2.99. The van der Waals surface area contributed by atoms with Crippen molar-refractivity contribution in [2.24, 2.45) is 0 Å². The van der Waals surface area contributed by atoms with E-state index >= 15 is 0 Å². The van der Waals surface area contributed by atoms with Crippen LogP contribution in [0.15, 0.2) is 23.4 Å². The summed E-state index contributed by atoms with van der Waals surface area (Å²) in [5.74, 6) is -0.337. The number of aromatic nitrogens is 4. The molecule has 1 aliphatic rings. The van der Waals surface area contributed by atoms with Gasteiger partial charge in [0.05, 0.1) is 36.4 Å². The first kappa shape index (κ1) is 28.6. The van der Waals surface area contributed by atoms with Crippen LogP contribution in [0.4, 0.5) is 38.0 Å². The fraction of sp³-hybridized carbons (Fsp3) is 0.579. The van der Waals surface area contributed by atoms with Crippen molar-refractivity contribution < 1.29 is 39.5 Å². The van der Waals surface area contributed by atoms with Gasteiger partial charge in [-0.1, -0.05) is 0 Å². The van der Waals surface area contributed by atoms with E-state index in [9.17, 15) is 39.6 Å². The van der Waals surface area contributed by atoms with E-state index in [1.165, 1.54) is 11.2 Å². The van der Waals surface area contributed by atoms with Crippen LogP contribution < -0.4 is 15.8 Å². The zero-order valence-electron chi connectivity index (χ0n) is 19.3. The van der Waals surface area contributed by atoms with Gasteiger partial charge in [0.2, 0.25) is 16.0 Å². The number of nitrogens with zero attached hydrogens (tertiary/aromatic N) is 5. The van der Waals surface area contributed by atoms with E-state index in [0.29, 0.717) is 12.4 Å². The third-order valence-corrected chi connectivity index (χ3v) is 7.11. The maximum atomic E-state index is 13.1. The van der Waals surface area contributed by atoms with Gasteiger partial charge < -0.3 is 15.0 Å². The highest BCUT2D eigenvalue weighted by atomic mass is 32.2. The quantitative estimate of drug-likeness (QED) is 0.347. The molecule has 206 valence electrons. The maximum Gasteiger partial charge on any atom is 0.423 e. The summed E-state index contributed by atoms with van der Waals surface area (Å²) >= 11 is 0. The van der Waals surface area contributed by atoms with Crippen LogP contribution in [-0.2, 0) is 27.1 Å². The zero-order chi connectivity index (χ0) is 27.4. The van der Waals surface area contributed by atoms with Gasteiger partial charge in [-0.25, -0.2) is 23.5 Å². The standard InChI is InChI=1S/C19H23F6N7O4S/c1-12(29-14-10-28-30-16(33)15(14)19(23,24)25)11-36-6-7-37(34,35)32-4-2-31(3-5-32)17-26-8-13(9-27-17)18(20,21)22/h8-10,12H,2-7,11H2,1H3,(H2,29,30,33). The SMILES string of the molecule is CC(COCCS(=O)(=O)N1CCN(c2ncc(C(F)(F)F)cn2)CC1)Nc1cn[nH]c(=O)c1C(F)(F)F. The first-order valence-electron chi connectivity index (χ1n) is 10.8. The summed E-state index contributed by atoms with van der Waals surface area (Å²) in [5, 5.41) is 7.55. The van der Waals surface area contributed by atoms with E-state index in [-0.39, 0.29) is 45.3 Å². The van der Waals surface area contributed by atoms with Crippen molar-refractivity contribution in [2.45, 2.75) is 25.3 Å². The number of hydrogen-bond donors (Lipinski definition) is 2. The van der Waals surface area contributed by atoms with Gasteiger partial charge in [0.25, 0.3) is 5.56 Å². The normalized spacial score (nSPS) is 16.6. The van der Waals surface area contributed by atoms with Crippen LogP contribution in [0.3, 0.4) is 0 Å². The number of sulfonamides is 1. The molecule has 0 aliphatic carbocycles. The van der Waals surface area contributed by atoms with Gasteiger partial charge in [0.1, 0.15) is 5.56 Å². The molecule has 1 atom stereocenters. The summed E-state index contributed by atoms with van der Waals surface area (Å²) in [6, 6.07) is -0.709. The number of rotatable bonds is 9. The number of halogens is 6. The van der Waals surface area contributed by atoms with E-state index in [4.69, 9.17) is 4.74 Å². The number of nitrogens with one attached hydrogen (secondary N) is 2. The van der Waals surface area contributed by atoms with Crippen molar-refractivity contribution in [1.82, 2.24) is 24.5 Å². The molecule has 2 aromatic rings. The third-order valence-electron chi connectivity index (χ3n) is 5.28. The van der Waals surface area contributed by atoms with Gasteiger partial charge in [-0.15, -0.1) is 0 Å². The van der Waals surface area contributed by atoms with E-state index in [1.807, 2.05) is 0 Å². The van der Waals surface area contributed by atoms with Crippen LogP contribution in [0, 0.1) is 0 Å². The van der Waals surface area contributed by atoms with Crippen molar-refractivity contribution in [3.05, 3.63) is 40.1 Å². The summed E-state index contributed by atoms with van der Waals surface area (Å²) in [6.07, 6.45) is -7.33. The molecule has 0 aromatic carbocycles. The van der Waals surface area contributed by atoms with Crippen molar-refractivity contribution in [3.8, 4) is 0 Å². The lowest BCUT2D eigenvalue weighted by atomic mass is 10.2. The number of ether oxygens (including phenoxy) is 1. The summed E-state index contributed by atoms with van der Waals surface area (Å²) in [4.78, 5) is 20.5. The predicted octanol–water partition coefficient (Wildman–Crippen LogP) is 1.57. The second kappa shape index (κ2) is 11.2. The molecule has 2 N–H and O–H groups in total. The maximum absolute atomic E-state index is 13.1. The summed E-state index contributed by atoms with van der Waals surface area (Å²) in [6.45, 7) is 1.53. The smallest absolute Gasteiger partial charge is 0.378 e. The summed E-state index contributed by atoms with van der Waals surface area (Å²) in [5.41, 5.74) is -4.36. The molecule has 1 fully saturated rings. The molecule has 37 heavy (non-hydrogen) atoms. The van der Waals surface area contributed by atoms with Gasteiger partial charge in [0, 0.05) is 44.6 Å². The highest BCUT2D eigenvalue weighted by Gasteiger charge is 2.37. The molecular formula is C19H23F6N7O4S. The molecule has 11 nitrogen and oxygen atoms in total. The number of anilines is 2. The van der Waals surface area contributed by atoms with E-state index in [1.54, 1.807) is 10.00 Å². The summed E-state index contributed by atoms with van der Waals surface area (Å²) in [7, 11) is -3.74. The second-order valence-corrected chi connectivity index (χ2v) is 10.2. The number of alkyl halides is 6. The summed E-state index contributed by atoms with van der Waals surface area (Å²) < 4.78 is 109. The topological polar surface area (TPSA) is 133 Å². The van der Waals surface area contributed by atoms with Crippen LogP contribution in [0.1, 0.15) is 18.1 Å². The molecule has 1 unspecified atom stereocenters. The largest absolute Gasteiger partial charge is 0.423 e. The molecule has 18 heteroatoms. The van der Waals surface area contributed by atoms with Gasteiger partial charge in [-0.05, 0) is 6.92 Å². The molecule has 0 spiro atoms. The predicted molar refractivity (Wildman–Crippen MR) is 118 cm³/mol. The van der Waals surface area contributed by atoms with E-state index < -0.39 is 56.5 Å². The van der Waals surface area contributed by atoms with Gasteiger partial charge in [-0.3, -0.25) is 4.79 Å². The molecule has 0 saturated carbocycles. The fourth-order valence-electron chi connectivity index (χ4n) is 3.45. The van der Waals surface area contributed by atoms with Crippen molar-refractivity contribution in [3.63, 3.8) is 0 Å².